The van der Waals surface area contributed by atoms with E-state index in [1.165, 1.54) is 28.9 Å². The van der Waals surface area contributed by atoms with Crippen LogP contribution in [0.1, 0.15) is 52.9 Å². The Morgan fingerprint density at radius 3 is 2.47 bits per heavy atom. The van der Waals surface area contributed by atoms with E-state index in [0.29, 0.717) is 12.5 Å². The molecule has 2 fully saturated rings. The lowest BCUT2D eigenvalue weighted by molar-refractivity contribution is -0.138. The van der Waals surface area contributed by atoms with Crippen LogP contribution in [0.2, 0.25) is 0 Å². The molecule has 5 heteroatoms. The van der Waals surface area contributed by atoms with E-state index in [2.05, 4.69) is 36.1 Å². The van der Waals surface area contributed by atoms with Crippen molar-refractivity contribution in [1.29, 1.82) is 0 Å². The molecule has 0 spiro atoms. The molecule has 2 aromatic rings. The minimum Gasteiger partial charge on any atom is -0.342 e. The van der Waals surface area contributed by atoms with Gasteiger partial charge in [-0.2, -0.15) is 0 Å². The summed E-state index contributed by atoms with van der Waals surface area (Å²) in [5, 5.41) is 1.93. The monoisotopic (exact) mass is 424 g/mol. The summed E-state index contributed by atoms with van der Waals surface area (Å²) in [5.74, 6) is 1.01. The molecule has 1 aromatic carbocycles. The SMILES string of the molecule is Cc1ccc(CCC2CCN(C(=O)C3CCCN(C(=O)c4cccs4)C3)CC2)cc1. The standard InChI is InChI=1S/C25H32N2O2S/c1-19-6-8-20(9-7-19)10-11-21-12-15-26(16-13-21)24(28)22-4-2-14-27(18-22)25(29)23-5-3-17-30-23/h3,5-9,17,21-22H,2,4,10-16,18H2,1H3. The van der Waals surface area contributed by atoms with E-state index in [1.54, 1.807) is 0 Å². The van der Waals surface area contributed by atoms with Crippen molar-refractivity contribution in [2.75, 3.05) is 26.2 Å². The normalized spacial score (nSPS) is 20.4. The molecule has 0 aliphatic carbocycles. The van der Waals surface area contributed by atoms with Crippen molar-refractivity contribution in [3.05, 3.63) is 57.8 Å². The number of benzene rings is 1. The van der Waals surface area contributed by atoms with Gasteiger partial charge in [0.15, 0.2) is 0 Å². The quantitative estimate of drug-likeness (QED) is 0.693. The number of amides is 2. The summed E-state index contributed by atoms with van der Waals surface area (Å²) >= 11 is 1.48. The summed E-state index contributed by atoms with van der Waals surface area (Å²) in [4.78, 5) is 30.5. The predicted octanol–water partition coefficient (Wildman–Crippen LogP) is 4.78. The van der Waals surface area contributed by atoms with E-state index in [0.717, 1.165) is 56.6 Å². The Kier molecular flexibility index (Phi) is 6.88. The van der Waals surface area contributed by atoms with E-state index in [1.807, 2.05) is 22.4 Å². The lowest BCUT2D eigenvalue weighted by Crippen LogP contribution is -2.48. The molecule has 2 saturated heterocycles. The average Bonchev–Trinajstić information content (AvgIpc) is 3.33. The zero-order valence-corrected chi connectivity index (χ0v) is 18.7. The highest BCUT2D eigenvalue weighted by Gasteiger charge is 2.33. The first-order valence-corrected chi connectivity index (χ1v) is 12.2. The Bertz CT molecular complexity index is 839. The smallest absolute Gasteiger partial charge is 0.263 e. The molecule has 3 heterocycles. The van der Waals surface area contributed by atoms with Crippen LogP contribution in [0.4, 0.5) is 0 Å². The molecule has 0 radical (unpaired) electrons. The van der Waals surface area contributed by atoms with Gasteiger partial charge in [-0.3, -0.25) is 9.59 Å². The number of nitrogens with zero attached hydrogens (tertiary/aromatic N) is 2. The van der Waals surface area contributed by atoms with Crippen LogP contribution in [-0.4, -0.2) is 47.8 Å². The molecule has 30 heavy (non-hydrogen) atoms. The van der Waals surface area contributed by atoms with Gasteiger partial charge >= 0.3 is 0 Å². The van der Waals surface area contributed by atoms with Crippen LogP contribution in [0.25, 0.3) is 0 Å². The molecule has 2 aliphatic heterocycles. The summed E-state index contributed by atoms with van der Waals surface area (Å²) in [6.07, 6.45) is 6.35. The number of carbonyl (C=O) groups is 2. The van der Waals surface area contributed by atoms with Gasteiger partial charge in [-0.25, -0.2) is 0 Å². The van der Waals surface area contributed by atoms with Crippen molar-refractivity contribution in [3.63, 3.8) is 0 Å². The molecule has 1 aromatic heterocycles. The Balaban J connectivity index is 1.24. The number of hydrogen-bond donors (Lipinski definition) is 0. The maximum Gasteiger partial charge on any atom is 0.263 e. The maximum atomic E-state index is 13.1. The third-order valence-electron chi connectivity index (χ3n) is 6.68. The second-order valence-electron chi connectivity index (χ2n) is 8.86. The highest BCUT2D eigenvalue weighted by atomic mass is 32.1. The van der Waals surface area contributed by atoms with Crippen LogP contribution in [-0.2, 0) is 11.2 Å². The van der Waals surface area contributed by atoms with Crippen LogP contribution >= 0.6 is 11.3 Å². The first-order chi connectivity index (χ1) is 14.6. The number of likely N-dealkylation sites (tertiary alicyclic amines) is 2. The molecular weight excluding hydrogens is 392 g/mol. The average molecular weight is 425 g/mol. The Morgan fingerprint density at radius 2 is 1.77 bits per heavy atom. The molecule has 1 unspecified atom stereocenters. The van der Waals surface area contributed by atoms with Crippen molar-refractivity contribution in [1.82, 2.24) is 9.80 Å². The van der Waals surface area contributed by atoms with Gasteiger partial charge in [0.1, 0.15) is 0 Å². The lowest BCUT2D eigenvalue weighted by Gasteiger charge is -2.37. The second kappa shape index (κ2) is 9.78. The highest BCUT2D eigenvalue weighted by Crippen LogP contribution is 2.27. The molecule has 4 rings (SSSR count). The third kappa shape index (κ3) is 5.12. The Labute approximate surface area is 183 Å². The van der Waals surface area contributed by atoms with Crippen molar-refractivity contribution in [3.8, 4) is 0 Å². The number of carbonyl (C=O) groups excluding carboxylic acids is 2. The molecule has 2 amide bonds. The number of thiophene rings is 1. The van der Waals surface area contributed by atoms with Crippen LogP contribution < -0.4 is 0 Å². The predicted molar refractivity (Wildman–Crippen MR) is 122 cm³/mol. The van der Waals surface area contributed by atoms with E-state index in [-0.39, 0.29) is 17.7 Å². The molecule has 0 bridgehead atoms. The fourth-order valence-corrected chi connectivity index (χ4v) is 5.44. The van der Waals surface area contributed by atoms with Crippen molar-refractivity contribution >= 4 is 23.2 Å². The topological polar surface area (TPSA) is 40.6 Å². The van der Waals surface area contributed by atoms with E-state index in [9.17, 15) is 9.59 Å². The van der Waals surface area contributed by atoms with E-state index in [4.69, 9.17) is 0 Å². The Morgan fingerprint density at radius 1 is 1.00 bits per heavy atom. The minimum absolute atomic E-state index is 0.0354. The van der Waals surface area contributed by atoms with Gasteiger partial charge in [0.25, 0.3) is 5.91 Å². The summed E-state index contributed by atoms with van der Waals surface area (Å²) in [6, 6.07) is 12.6. The fraction of sp³-hybridized carbons (Fsp3) is 0.520. The van der Waals surface area contributed by atoms with Crippen LogP contribution in [0.15, 0.2) is 41.8 Å². The summed E-state index contributed by atoms with van der Waals surface area (Å²) in [6.45, 7) is 5.20. The van der Waals surface area contributed by atoms with E-state index < -0.39 is 0 Å². The van der Waals surface area contributed by atoms with Gasteiger partial charge in [-0.15, -0.1) is 11.3 Å². The summed E-state index contributed by atoms with van der Waals surface area (Å²) in [5.41, 5.74) is 2.72. The molecule has 160 valence electrons. The summed E-state index contributed by atoms with van der Waals surface area (Å²) in [7, 11) is 0. The maximum absolute atomic E-state index is 13.1. The van der Waals surface area contributed by atoms with Gasteiger partial charge < -0.3 is 9.80 Å². The largest absolute Gasteiger partial charge is 0.342 e. The number of rotatable bonds is 5. The van der Waals surface area contributed by atoms with Gasteiger partial charge in [0.2, 0.25) is 5.91 Å². The third-order valence-corrected chi connectivity index (χ3v) is 7.54. The number of hydrogen-bond acceptors (Lipinski definition) is 3. The Hall–Kier alpha value is -2.14. The highest BCUT2D eigenvalue weighted by molar-refractivity contribution is 7.12. The molecular formula is C25H32N2O2S. The second-order valence-corrected chi connectivity index (χ2v) is 9.81. The van der Waals surface area contributed by atoms with Gasteiger partial charge in [-0.05, 0) is 68.4 Å². The summed E-state index contributed by atoms with van der Waals surface area (Å²) < 4.78 is 0. The lowest BCUT2D eigenvalue weighted by atomic mass is 9.89. The van der Waals surface area contributed by atoms with Crippen LogP contribution in [0, 0.1) is 18.8 Å². The molecule has 0 saturated carbocycles. The molecule has 1 atom stereocenters. The van der Waals surface area contributed by atoms with E-state index >= 15 is 0 Å². The number of aryl methyl sites for hydroxylation is 2. The molecule has 0 N–H and O–H groups in total. The van der Waals surface area contributed by atoms with Crippen molar-refractivity contribution in [2.45, 2.75) is 45.4 Å². The van der Waals surface area contributed by atoms with Crippen molar-refractivity contribution in [2.24, 2.45) is 11.8 Å². The van der Waals surface area contributed by atoms with Gasteiger partial charge in [0, 0.05) is 26.2 Å². The minimum atomic E-state index is -0.0354. The van der Waals surface area contributed by atoms with Crippen LogP contribution in [0.3, 0.4) is 0 Å². The van der Waals surface area contributed by atoms with Crippen LogP contribution in [0.5, 0.6) is 0 Å². The first kappa shape index (κ1) is 21.1. The van der Waals surface area contributed by atoms with Crippen molar-refractivity contribution < 1.29 is 9.59 Å². The molecule has 2 aliphatic rings. The van der Waals surface area contributed by atoms with Gasteiger partial charge in [-0.1, -0.05) is 35.9 Å². The first-order valence-electron chi connectivity index (χ1n) is 11.3. The zero-order chi connectivity index (χ0) is 20.9. The molecule has 4 nitrogen and oxygen atoms in total. The fourth-order valence-electron chi connectivity index (χ4n) is 4.75. The zero-order valence-electron chi connectivity index (χ0n) is 17.9. The van der Waals surface area contributed by atoms with Gasteiger partial charge in [0.05, 0.1) is 10.8 Å². The number of piperidine rings is 2.